The molecule has 10 heteroatoms. The first-order valence-corrected chi connectivity index (χ1v) is 11.5. The maximum atomic E-state index is 13.7. The Labute approximate surface area is 198 Å². The van der Waals surface area contributed by atoms with Crippen molar-refractivity contribution in [3.8, 4) is 17.0 Å². The normalized spacial score (nSPS) is 17.2. The van der Waals surface area contributed by atoms with E-state index in [0.29, 0.717) is 28.7 Å². The fraction of sp³-hybridized carbons (Fsp3) is 0.250. The molecule has 1 fully saturated rings. The third-order valence-corrected chi connectivity index (χ3v) is 6.56. The monoisotopic (exact) mass is 481 g/mol. The number of carbonyl (C=O) groups excluding carboxylic acids is 3. The number of halogens is 1. The van der Waals surface area contributed by atoms with Crippen molar-refractivity contribution in [2.24, 2.45) is 0 Å². The van der Waals surface area contributed by atoms with Crippen LogP contribution in [0, 0.1) is 5.82 Å². The van der Waals surface area contributed by atoms with Gasteiger partial charge in [-0.25, -0.2) is 9.37 Å². The van der Waals surface area contributed by atoms with Crippen molar-refractivity contribution in [3.05, 3.63) is 64.3 Å². The van der Waals surface area contributed by atoms with Crippen LogP contribution in [0.2, 0.25) is 0 Å². The molecule has 0 spiro atoms. The van der Waals surface area contributed by atoms with Crippen molar-refractivity contribution in [1.29, 1.82) is 0 Å². The van der Waals surface area contributed by atoms with Crippen LogP contribution in [0.25, 0.3) is 11.3 Å². The molecule has 1 N–H and O–H groups in total. The van der Waals surface area contributed by atoms with Crippen molar-refractivity contribution in [2.45, 2.75) is 18.9 Å². The van der Waals surface area contributed by atoms with E-state index in [4.69, 9.17) is 9.47 Å². The predicted octanol–water partition coefficient (Wildman–Crippen LogP) is 3.99. The molecular formula is C24H20FN3O5S. The van der Waals surface area contributed by atoms with Gasteiger partial charge in [-0.15, -0.1) is 11.3 Å². The predicted molar refractivity (Wildman–Crippen MR) is 123 cm³/mol. The Morgan fingerprint density at radius 3 is 2.79 bits per heavy atom. The first-order chi connectivity index (χ1) is 16.4. The van der Waals surface area contributed by atoms with Crippen LogP contribution in [0.3, 0.4) is 0 Å². The molecule has 0 saturated carbocycles. The molecule has 2 aliphatic heterocycles. The van der Waals surface area contributed by atoms with Crippen LogP contribution in [0.1, 0.15) is 43.9 Å². The van der Waals surface area contributed by atoms with Crippen LogP contribution in [-0.2, 0) is 4.74 Å². The number of hydrogen-bond acceptors (Lipinski definition) is 7. The molecule has 1 unspecified atom stereocenters. The van der Waals surface area contributed by atoms with E-state index in [9.17, 15) is 18.8 Å². The minimum Gasteiger partial charge on any atom is -0.496 e. The van der Waals surface area contributed by atoms with Gasteiger partial charge in [0.05, 0.1) is 36.6 Å². The maximum Gasteiger partial charge on any atom is 0.261 e. The van der Waals surface area contributed by atoms with Gasteiger partial charge < -0.3 is 9.47 Å². The van der Waals surface area contributed by atoms with E-state index in [1.54, 1.807) is 5.38 Å². The average Bonchev–Trinajstić information content (AvgIpc) is 3.57. The smallest absolute Gasteiger partial charge is 0.261 e. The Hall–Kier alpha value is -3.63. The summed E-state index contributed by atoms with van der Waals surface area (Å²) in [4.78, 5) is 43.9. The quantitative estimate of drug-likeness (QED) is 0.535. The maximum absolute atomic E-state index is 13.7. The van der Waals surface area contributed by atoms with Gasteiger partial charge in [0.25, 0.3) is 17.7 Å². The standard InChI is InChI=1S/C24H20FN3O5S/c1-32-20-7-5-14(25)10-18(20)19-12-34-24(26-19)27-21(29)13-4-6-16-17(9-13)23(31)28(22(16)30)11-15-3-2-8-33-15/h4-7,9-10,12,15H,2-3,8,11H2,1H3,(H,26,27,29). The molecule has 1 saturated heterocycles. The van der Waals surface area contributed by atoms with Crippen LogP contribution in [0.15, 0.2) is 41.8 Å². The molecule has 5 rings (SSSR count). The molecule has 1 aromatic heterocycles. The van der Waals surface area contributed by atoms with Gasteiger partial charge in [-0.1, -0.05) is 0 Å². The molecular weight excluding hydrogens is 461 g/mol. The largest absolute Gasteiger partial charge is 0.496 e. The first kappa shape index (κ1) is 22.2. The lowest BCUT2D eigenvalue weighted by atomic mass is 10.1. The molecule has 0 aliphatic carbocycles. The average molecular weight is 482 g/mol. The van der Waals surface area contributed by atoms with E-state index in [0.717, 1.165) is 12.8 Å². The summed E-state index contributed by atoms with van der Waals surface area (Å²) in [6.45, 7) is 0.835. The first-order valence-electron chi connectivity index (χ1n) is 10.7. The SMILES string of the molecule is COc1ccc(F)cc1-c1csc(NC(=O)c2ccc3c(c2)C(=O)N(CC2CCCO2)C3=O)n1. The van der Waals surface area contributed by atoms with Crippen LogP contribution < -0.4 is 10.1 Å². The minimum absolute atomic E-state index is 0.152. The van der Waals surface area contributed by atoms with Gasteiger partial charge in [0.15, 0.2) is 5.13 Å². The van der Waals surface area contributed by atoms with Gasteiger partial charge in [-0.3, -0.25) is 24.6 Å². The van der Waals surface area contributed by atoms with Gasteiger partial charge in [-0.2, -0.15) is 0 Å². The molecule has 0 bridgehead atoms. The third kappa shape index (κ3) is 4.06. The zero-order valence-corrected chi connectivity index (χ0v) is 19.0. The molecule has 2 aliphatic rings. The molecule has 34 heavy (non-hydrogen) atoms. The van der Waals surface area contributed by atoms with Crippen LogP contribution >= 0.6 is 11.3 Å². The number of nitrogens with one attached hydrogen (secondary N) is 1. The zero-order chi connectivity index (χ0) is 23.8. The lowest BCUT2D eigenvalue weighted by molar-refractivity contribution is 0.0475. The van der Waals surface area contributed by atoms with Crippen molar-refractivity contribution in [3.63, 3.8) is 0 Å². The topological polar surface area (TPSA) is 97.8 Å². The Morgan fingerprint density at radius 2 is 2.03 bits per heavy atom. The number of ether oxygens (including phenoxy) is 2. The van der Waals surface area contributed by atoms with Crippen molar-refractivity contribution in [2.75, 3.05) is 25.6 Å². The number of imide groups is 1. The Bertz CT molecular complexity index is 1300. The summed E-state index contributed by atoms with van der Waals surface area (Å²) in [6, 6.07) is 8.52. The number of anilines is 1. The van der Waals surface area contributed by atoms with E-state index in [1.807, 2.05) is 0 Å². The molecule has 0 radical (unpaired) electrons. The summed E-state index contributed by atoms with van der Waals surface area (Å²) in [5.74, 6) is -1.26. The highest BCUT2D eigenvalue weighted by atomic mass is 32.1. The Balaban J connectivity index is 1.33. The third-order valence-electron chi connectivity index (χ3n) is 5.81. The van der Waals surface area contributed by atoms with Crippen LogP contribution in [0.5, 0.6) is 5.75 Å². The van der Waals surface area contributed by atoms with E-state index < -0.39 is 17.6 Å². The summed E-state index contributed by atoms with van der Waals surface area (Å²) >= 11 is 1.17. The summed E-state index contributed by atoms with van der Waals surface area (Å²) in [5, 5.41) is 4.67. The zero-order valence-electron chi connectivity index (χ0n) is 18.2. The molecule has 3 heterocycles. The summed E-state index contributed by atoms with van der Waals surface area (Å²) in [6.07, 6.45) is 1.56. The number of fused-ring (bicyclic) bond motifs is 1. The summed E-state index contributed by atoms with van der Waals surface area (Å²) in [7, 11) is 1.48. The second kappa shape index (κ2) is 8.96. The van der Waals surface area contributed by atoms with Gasteiger partial charge in [0.2, 0.25) is 0 Å². The van der Waals surface area contributed by atoms with E-state index >= 15 is 0 Å². The van der Waals surface area contributed by atoms with Crippen molar-refractivity contribution < 1.29 is 28.2 Å². The molecule has 3 amide bonds. The number of nitrogens with zero attached hydrogens (tertiary/aromatic N) is 2. The highest BCUT2D eigenvalue weighted by molar-refractivity contribution is 7.14. The van der Waals surface area contributed by atoms with E-state index in [1.165, 1.54) is 59.7 Å². The van der Waals surface area contributed by atoms with Crippen LogP contribution in [-0.4, -0.2) is 54.0 Å². The summed E-state index contributed by atoms with van der Waals surface area (Å²) < 4.78 is 24.5. The van der Waals surface area contributed by atoms with Crippen LogP contribution in [0.4, 0.5) is 9.52 Å². The molecule has 174 valence electrons. The number of methoxy groups -OCH3 is 1. The van der Waals surface area contributed by atoms with Gasteiger partial charge in [0.1, 0.15) is 11.6 Å². The highest BCUT2D eigenvalue weighted by Gasteiger charge is 2.38. The number of thiazole rings is 1. The minimum atomic E-state index is -0.479. The number of aromatic nitrogens is 1. The second-order valence-corrected chi connectivity index (χ2v) is 8.81. The molecule has 1 atom stereocenters. The number of carbonyl (C=O) groups is 3. The number of amides is 3. The van der Waals surface area contributed by atoms with Crippen molar-refractivity contribution >= 4 is 34.2 Å². The van der Waals surface area contributed by atoms with Gasteiger partial charge in [-0.05, 0) is 49.2 Å². The molecule has 3 aromatic rings. The fourth-order valence-corrected chi connectivity index (χ4v) is 4.80. The number of hydrogen-bond donors (Lipinski definition) is 1. The Kier molecular flexibility index (Phi) is 5.84. The number of rotatable bonds is 6. The Morgan fingerprint density at radius 1 is 1.21 bits per heavy atom. The summed E-state index contributed by atoms with van der Waals surface area (Å²) in [5.41, 5.74) is 1.61. The second-order valence-electron chi connectivity index (χ2n) is 7.95. The highest BCUT2D eigenvalue weighted by Crippen LogP contribution is 2.33. The van der Waals surface area contributed by atoms with Gasteiger partial charge >= 0.3 is 0 Å². The molecule has 8 nitrogen and oxygen atoms in total. The van der Waals surface area contributed by atoms with E-state index in [2.05, 4.69) is 10.3 Å². The fourth-order valence-electron chi connectivity index (χ4n) is 4.09. The molecule has 2 aromatic carbocycles. The van der Waals surface area contributed by atoms with Gasteiger partial charge in [0, 0.05) is 23.1 Å². The lowest BCUT2D eigenvalue weighted by Gasteiger charge is -2.17. The number of benzene rings is 2. The lowest BCUT2D eigenvalue weighted by Crippen LogP contribution is -2.36. The van der Waals surface area contributed by atoms with E-state index in [-0.39, 0.29) is 35.2 Å². The van der Waals surface area contributed by atoms with Crippen molar-refractivity contribution in [1.82, 2.24) is 9.88 Å².